The molecule has 1 aromatic heterocycles. The first-order valence-electron chi connectivity index (χ1n) is 4.76. The first kappa shape index (κ1) is 12.0. The molecule has 0 aliphatic carbocycles. The molecular formula is C11H8Cl2N2O2. The highest BCUT2D eigenvalue weighted by molar-refractivity contribution is 6.34. The van der Waals surface area contributed by atoms with E-state index in [1.807, 2.05) is 0 Å². The van der Waals surface area contributed by atoms with E-state index < -0.39 is 5.97 Å². The van der Waals surface area contributed by atoms with Crippen molar-refractivity contribution in [3.8, 4) is 5.69 Å². The van der Waals surface area contributed by atoms with Gasteiger partial charge in [0.1, 0.15) is 0 Å². The first-order chi connectivity index (χ1) is 8.06. The number of carboxylic acids is 1. The number of hydrogen-bond acceptors (Lipinski definition) is 2. The van der Waals surface area contributed by atoms with Gasteiger partial charge in [0.2, 0.25) is 0 Å². The number of rotatable bonds is 3. The zero-order valence-corrected chi connectivity index (χ0v) is 10.1. The van der Waals surface area contributed by atoms with Crippen LogP contribution in [-0.4, -0.2) is 20.6 Å². The molecule has 0 aliphatic heterocycles. The number of aliphatic carboxylic acids is 1. The summed E-state index contributed by atoms with van der Waals surface area (Å²) in [6, 6.07) is 5.05. The Morgan fingerprint density at radius 3 is 2.88 bits per heavy atom. The van der Waals surface area contributed by atoms with E-state index in [0.29, 0.717) is 21.4 Å². The summed E-state index contributed by atoms with van der Waals surface area (Å²) >= 11 is 11.9. The summed E-state index contributed by atoms with van der Waals surface area (Å²) in [7, 11) is 0. The lowest BCUT2D eigenvalue weighted by Gasteiger charge is -2.04. The average Bonchev–Trinajstić information content (AvgIpc) is 2.69. The van der Waals surface area contributed by atoms with Gasteiger partial charge in [0.05, 0.1) is 29.2 Å². The van der Waals surface area contributed by atoms with Crippen LogP contribution in [0.1, 0.15) is 5.69 Å². The number of carbonyl (C=O) groups is 1. The summed E-state index contributed by atoms with van der Waals surface area (Å²) in [6.45, 7) is 0. The highest BCUT2D eigenvalue weighted by atomic mass is 35.5. The van der Waals surface area contributed by atoms with E-state index in [-0.39, 0.29) is 6.42 Å². The van der Waals surface area contributed by atoms with Crippen LogP contribution >= 0.6 is 23.2 Å². The van der Waals surface area contributed by atoms with Gasteiger partial charge < -0.3 is 9.67 Å². The lowest BCUT2D eigenvalue weighted by atomic mass is 10.3. The molecule has 6 heteroatoms. The van der Waals surface area contributed by atoms with Crippen LogP contribution in [0.5, 0.6) is 0 Å². The third-order valence-electron chi connectivity index (χ3n) is 2.15. The molecule has 0 atom stereocenters. The molecule has 4 nitrogen and oxygen atoms in total. The standard InChI is InChI=1S/C11H8Cl2N2O2/c12-7-1-2-9(13)10(3-7)15-5-8(14-6-15)4-11(16)17/h1-3,5-6H,4H2,(H,16,17). The minimum absolute atomic E-state index is 0.120. The minimum Gasteiger partial charge on any atom is -0.481 e. The quantitative estimate of drug-likeness (QED) is 0.933. The summed E-state index contributed by atoms with van der Waals surface area (Å²) in [4.78, 5) is 14.5. The molecule has 0 aliphatic rings. The van der Waals surface area contributed by atoms with Gasteiger partial charge in [-0.05, 0) is 18.2 Å². The Morgan fingerprint density at radius 2 is 2.18 bits per heavy atom. The second-order valence-electron chi connectivity index (χ2n) is 3.44. The van der Waals surface area contributed by atoms with Crippen molar-refractivity contribution in [3.63, 3.8) is 0 Å². The predicted molar refractivity (Wildman–Crippen MR) is 64.9 cm³/mol. The Bertz CT molecular complexity index is 566. The topological polar surface area (TPSA) is 55.1 Å². The molecular weight excluding hydrogens is 263 g/mol. The number of halogens is 2. The van der Waals surface area contributed by atoms with Crippen LogP contribution < -0.4 is 0 Å². The smallest absolute Gasteiger partial charge is 0.309 e. The molecule has 1 aromatic carbocycles. The third kappa shape index (κ3) is 2.78. The van der Waals surface area contributed by atoms with Crippen LogP contribution in [0.3, 0.4) is 0 Å². The van der Waals surface area contributed by atoms with Crippen molar-refractivity contribution in [2.75, 3.05) is 0 Å². The predicted octanol–water partition coefficient (Wildman–Crippen LogP) is 2.81. The molecule has 0 bridgehead atoms. The summed E-state index contributed by atoms with van der Waals surface area (Å²) in [5.41, 5.74) is 1.14. The van der Waals surface area contributed by atoms with E-state index in [0.717, 1.165) is 0 Å². The maximum atomic E-state index is 10.5. The summed E-state index contributed by atoms with van der Waals surface area (Å²) in [6.07, 6.45) is 3.01. The molecule has 88 valence electrons. The second kappa shape index (κ2) is 4.77. The number of hydrogen-bond donors (Lipinski definition) is 1. The molecule has 0 spiro atoms. The van der Waals surface area contributed by atoms with Gasteiger partial charge in [-0.2, -0.15) is 0 Å². The molecule has 0 saturated carbocycles. The molecule has 0 fully saturated rings. The van der Waals surface area contributed by atoms with Gasteiger partial charge in [-0.1, -0.05) is 23.2 Å². The summed E-state index contributed by atoms with van der Waals surface area (Å²) in [5, 5.41) is 9.72. The normalized spacial score (nSPS) is 10.5. The number of carboxylic acid groups (broad SMARTS) is 1. The van der Waals surface area contributed by atoms with Crippen molar-refractivity contribution < 1.29 is 9.90 Å². The zero-order valence-electron chi connectivity index (χ0n) is 8.60. The van der Waals surface area contributed by atoms with Gasteiger partial charge in [0.15, 0.2) is 0 Å². The van der Waals surface area contributed by atoms with Crippen LogP contribution in [-0.2, 0) is 11.2 Å². The van der Waals surface area contributed by atoms with Gasteiger partial charge in [-0.3, -0.25) is 4.79 Å². The summed E-state index contributed by atoms with van der Waals surface area (Å²) < 4.78 is 1.65. The fourth-order valence-corrected chi connectivity index (χ4v) is 1.81. The maximum absolute atomic E-state index is 10.5. The van der Waals surface area contributed by atoms with Crippen molar-refractivity contribution >= 4 is 29.2 Å². The number of benzene rings is 1. The van der Waals surface area contributed by atoms with Crippen molar-refractivity contribution in [1.29, 1.82) is 0 Å². The molecule has 17 heavy (non-hydrogen) atoms. The highest BCUT2D eigenvalue weighted by Crippen LogP contribution is 2.24. The van der Waals surface area contributed by atoms with E-state index in [4.69, 9.17) is 28.3 Å². The molecule has 0 unspecified atom stereocenters. The molecule has 2 aromatic rings. The molecule has 0 radical (unpaired) electrons. The zero-order chi connectivity index (χ0) is 12.4. The monoisotopic (exact) mass is 270 g/mol. The summed E-state index contributed by atoms with van der Waals surface area (Å²) in [5.74, 6) is -0.924. The van der Waals surface area contributed by atoms with Gasteiger partial charge in [-0.25, -0.2) is 4.98 Å². The fraction of sp³-hybridized carbons (Fsp3) is 0.0909. The second-order valence-corrected chi connectivity index (χ2v) is 4.28. The van der Waals surface area contributed by atoms with Crippen LogP contribution in [0.4, 0.5) is 0 Å². The van der Waals surface area contributed by atoms with Crippen LogP contribution in [0, 0.1) is 0 Å². The van der Waals surface area contributed by atoms with Crippen molar-refractivity contribution in [3.05, 3.63) is 46.5 Å². The Kier molecular flexibility index (Phi) is 3.36. The minimum atomic E-state index is -0.924. The van der Waals surface area contributed by atoms with Gasteiger partial charge in [0, 0.05) is 11.2 Å². The number of aromatic nitrogens is 2. The number of imidazole rings is 1. The lowest BCUT2D eigenvalue weighted by molar-refractivity contribution is -0.136. The Balaban J connectivity index is 2.36. The first-order valence-corrected chi connectivity index (χ1v) is 5.52. The fourth-order valence-electron chi connectivity index (χ4n) is 1.43. The molecule has 2 rings (SSSR count). The lowest BCUT2D eigenvalue weighted by Crippen LogP contribution is -2.00. The molecule has 1 heterocycles. The van der Waals surface area contributed by atoms with Gasteiger partial charge in [0.25, 0.3) is 0 Å². The number of nitrogens with zero attached hydrogens (tertiary/aromatic N) is 2. The third-order valence-corrected chi connectivity index (χ3v) is 2.71. The van der Waals surface area contributed by atoms with Gasteiger partial charge in [-0.15, -0.1) is 0 Å². The van der Waals surface area contributed by atoms with E-state index >= 15 is 0 Å². The molecule has 1 N–H and O–H groups in total. The van der Waals surface area contributed by atoms with Crippen molar-refractivity contribution in [2.24, 2.45) is 0 Å². The molecule has 0 amide bonds. The van der Waals surface area contributed by atoms with Crippen LogP contribution in [0.2, 0.25) is 10.0 Å². The van der Waals surface area contributed by atoms with Gasteiger partial charge >= 0.3 is 5.97 Å². The average molecular weight is 271 g/mol. The maximum Gasteiger partial charge on any atom is 0.309 e. The van der Waals surface area contributed by atoms with Crippen LogP contribution in [0.15, 0.2) is 30.7 Å². The van der Waals surface area contributed by atoms with E-state index in [2.05, 4.69) is 4.98 Å². The Labute approximate surface area is 107 Å². The van der Waals surface area contributed by atoms with E-state index in [1.165, 1.54) is 6.33 Å². The van der Waals surface area contributed by atoms with Crippen molar-refractivity contribution in [2.45, 2.75) is 6.42 Å². The van der Waals surface area contributed by atoms with Crippen LogP contribution in [0.25, 0.3) is 5.69 Å². The van der Waals surface area contributed by atoms with E-state index in [1.54, 1.807) is 29.0 Å². The Hall–Kier alpha value is -1.52. The molecule has 0 saturated heterocycles. The highest BCUT2D eigenvalue weighted by Gasteiger charge is 2.08. The largest absolute Gasteiger partial charge is 0.481 e. The SMILES string of the molecule is O=C(O)Cc1cn(-c2cc(Cl)ccc2Cl)cn1. The van der Waals surface area contributed by atoms with Crippen molar-refractivity contribution in [1.82, 2.24) is 9.55 Å². The van der Waals surface area contributed by atoms with E-state index in [9.17, 15) is 4.79 Å². The Morgan fingerprint density at radius 1 is 1.41 bits per heavy atom.